The van der Waals surface area contributed by atoms with Crippen molar-refractivity contribution in [2.45, 2.75) is 44.6 Å². The van der Waals surface area contributed by atoms with Crippen LogP contribution in [0.25, 0.3) is 0 Å². The predicted molar refractivity (Wildman–Crippen MR) is 85.4 cm³/mol. The third-order valence-corrected chi connectivity index (χ3v) is 6.25. The van der Waals surface area contributed by atoms with Crippen LogP contribution in [0.4, 0.5) is 0 Å². The summed E-state index contributed by atoms with van der Waals surface area (Å²) >= 11 is 3.92. The van der Waals surface area contributed by atoms with Gasteiger partial charge in [0.05, 0.1) is 0 Å². The molecule has 1 nitrogen and oxygen atoms in total. The zero-order valence-corrected chi connectivity index (χ0v) is 13.1. The van der Waals surface area contributed by atoms with Crippen molar-refractivity contribution in [3.63, 3.8) is 0 Å². The van der Waals surface area contributed by atoms with Gasteiger partial charge in [-0.3, -0.25) is 0 Å². The van der Waals surface area contributed by atoms with E-state index >= 15 is 0 Å². The Morgan fingerprint density at radius 3 is 2.95 bits per heavy atom. The Bertz CT molecular complexity index is 489. The maximum absolute atomic E-state index is 3.50. The molecular formula is C16H21NS2. The van der Waals surface area contributed by atoms with Crippen LogP contribution < -0.4 is 5.32 Å². The Balaban J connectivity index is 1.69. The van der Waals surface area contributed by atoms with Crippen molar-refractivity contribution >= 4 is 22.7 Å². The van der Waals surface area contributed by atoms with Gasteiger partial charge in [-0.25, -0.2) is 0 Å². The van der Waals surface area contributed by atoms with E-state index in [-0.39, 0.29) is 0 Å². The molecule has 3 heteroatoms. The van der Waals surface area contributed by atoms with Gasteiger partial charge in [-0.15, -0.1) is 22.7 Å². The highest BCUT2D eigenvalue weighted by Gasteiger charge is 2.18. The topological polar surface area (TPSA) is 12.0 Å². The van der Waals surface area contributed by atoms with E-state index in [9.17, 15) is 0 Å². The molecule has 0 saturated heterocycles. The highest BCUT2D eigenvalue weighted by molar-refractivity contribution is 7.12. The average molecular weight is 291 g/mol. The van der Waals surface area contributed by atoms with E-state index in [0.29, 0.717) is 6.04 Å². The molecule has 2 aromatic rings. The van der Waals surface area contributed by atoms with E-state index in [1.165, 1.54) is 43.4 Å². The van der Waals surface area contributed by atoms with Gasteiger partial charge in [0.1, 0.15) is 0 Å². The number of nitrogens with one attached hydrogen (secondary N) is 1. The van der Waals surface area contributed by atoms with Gasteiger partial charge in [0.2, 0.25) is 0 Å². The molecule has 0 amide bonds. The molecule has 0 saturated carbocycles. The molecule has 1 aliphatic carbocycles. The Morgan fingerprint density at radius 1 is 1.32 bits per heavy atom. The summed E-state index contributed by atoms with van der Waals surface area (Å²) in [6.07, 6.45) is 7.76. The number of fused-ring (bicyclic) bond motifs is 1. The number of aryl methyl sites for hydroxylation is 3. The van der Waals surface area contributed by atoms with Crippen molar-refractivity contribution in [2.24, 2.45) is 0 Å². The normalized spacial score (nSPS) is 16.3. The van der Waals surface area contributed by atoms with Crippen LogP contribution in [0.1, 0.15) is 45.5 Å². The molecular weight excluding hydrogens is 270 g/mol. The van der Waals surface area contributed by atoms with Crippen LogP contribution in [0.2, 0.25) is 0 Å². The van der Waals surface area contributed by atoms with Gasteiger partial charge in [-0.2, -0.15) is 0 Å². The number of hydrogen-bond acceptors (Lipinski definition) is 3. The molecule has 1 aliphatic rings. The molecule has 0 bridgehead atoms. The van der Waals surface area contributed by atoms with Crippen LogP contribution in [0.3, 0.4) is 0 Å². The molecule has 0 aliphatic heterocycles. The van der Waals surface area contributed by atoms with Crippen LogP contribution in [-0.2, 0) is 19.3 Å². The summed E-state index contributed by atoms with van der Waals surface area (Å²) in [5.74, 6) is 0. The zero-order chi connectivity index (χ0) is 13.1. The fourth-order valence-electron chi connectivity index (χ4n) is 2.86. The molecule has 102 valence electrons. The van der Waals surface area contributed by atoms with Gasteiger partial charge in [0.15, 0.2) is 0 Å². The molecule has 19 heavy (non-hydrogen) atoms. The smallest absolute Gasteiger partial charge is 0.0416 e. The molecule has 0 fully saturated rings. The van der Waals surface area contributed by atoms with Crippen molar-refractivity contribution in [3.8, 4) is 0 Å². The third-order valence-electron chi connectivity index (χ3n) is 3.97. The minimum atomic E-state index is 0.526. The van der Waals surface area contributed by atoms with Gasteiger partial charge in [0, 0.05) is 20.7 Å². The Hall–Kier alpha value is -0.640. The molecule has 2 aromatic heterocycles. The van der Waals surface area contributed by atoms with Crippen molar-refractivity contribution in [1.82, 2.24) is 5.32 Å². The van der Waals surface area contributed by atoms with E-state index in [1.807, 2.05) is 22.7 Å². The lowest BCUT2D eigenvalue weighted by Gasteiger charge is -2.13. The van der Waals surface area contributed by atoms with E-state index in [4.69, 9.17) is 0 Å². The summed E-state index contributed by atoms with van der Waals surface area (Å²) in [6, 6.07) is 7.39. The second-order valence-corrected chi connectivity index (χ2v) is 7.46. The lowest BCUT2D eigenvalue weighted by atomic mass is 9.98. The van der Waals surface area contributed by atoms with Crippen LogP contribution in [0.5, 0.6) is 0 Å². The monoisotopic (exact) mass is 291 g/mol. The van der Waals surface area contributed by atoms with Crippen molar-refractivity contribution < 1.29 is 0 Å². The lowest BCUT2D eigenvalue weighted by molar-refractivity contribution is 0.559. The van der Waals surface area contributed by atoms with Crippen molar-refractivity contribution in [2.75, 3.05) is 7.05 Å². The summed E-state index contributed by atoms with van der Waals surface area (Å²) < 4.78 is 0. The second-order valence-electron chi connectivity index (χ2n) is 5.26. The van der Waals surface area contributed by atoms with Crippen LogP contribution in [0.15, 0.2) is 23.6 Å². The summed E-state index contributed by atoms with van der Waals surface area (Å²) in [4.78, 5) is 4.70. The molecule has 0 spiro atoms. The Kier molecular flexibility index (Phi) is 4.36. The van der Waals surface area contributed by atoms with E-state index in [1.54, 1.807) is 15.3 Å². The van der Waals surface area contributed by atoms with Crippen molar-refractivity contribution in [3.05, 3.63) is 43.8 Å². The van der Waals surface area contributed by atoms with Crippen LogP contribution in [-0.4, -0.2) is 7.05 Å². The molecule has 0 radical (unpaired) electrons. The maximum Gasteiger partial charge on any atom is 0.0416 e. The zero-order valence-electron chi connectivity index (χ0n) is 11.4. The first-order valence-electron chi connectivity index (χ1n) is 7.18. The molecule has 1 atom stereocenters. The standard InChI is InChI=1S/C16H21NS2/c1-17-14(9-8-13-6-4-10-18-13)16-11-12-5-2-3-7-15(12)19-16/h4,6,10-11,14,17H,2-3,5,7-9H2,1H3. The molecule has 3 rings (SSSR count). The van der Waals surface area contributed by atoms with E-state index in [0.717, 1.165) is 0 Å². The molecule has 1 unspecified atom stereocenters. The van der Waals surface area contributed by atoms with Crippen LogP contribution in [0, 0.1) is 0 Å². The first-order valence-corrected chi connectivity index (χ1v) is 8.87. The minimum absolute atomic E-state index is 0.526. The number of hydrogen-bond donors (Lipinski definition) is 1. The van der Waals surface area contributed by atoms with Gasteiger partial charge < -0.3 is 5.32 Å². The lowest BCUT2D eigenvalue weighted by Crippen LogP contribution is -2.15. The molecule has 2 heterocycles. The average Bonchev–Trinajstić information content (AvgIpc) is 3.08. The maximum atomic E-state index is 3.50. The summed E-state index contributed by atoms with van der Waals surface area (Å²) in [7, 11) is 2.10. The number of rotatable bonds is 5. The highest BCUT2D eigenvalue weighted by atomic mass is 32.1. The van der Waals surface area contributed by atoms with E-state index < -0.39 is 0 Å². The Labute approximate surface area is 123 Å². The summed E-state index contributed by atoms with van der Waals surface area (Å²) in [6.45, 7) is 0. The van der Waals surface area contributed by atoms with Gasteiger partial charge >= 0.3 is 0 Å². The third kappa shape index (κ3) is 3.10. The second kappa shape index (κ2) is 6.21. The SMILES string of the molecule is CNC(CCc1cccs1)c1cc2c(s1)CCCC2. The highest BCUT2D eigenvalue weighted by Crippen LogP contribution is 2.34. The minimum Gasteiger partial charge on any atom is -0.312 e. The van der Waals surface area contributed by atoms with Gasteiger partial charge in [-0.05, 0) is 68.6 Å². The Morgan fingerprint density at radius 2 is 2.21 bits per heavy atom. The summed E-state index contributed by atoms with van der Waals surface area (Å²) in [5.41, 5.74) is 1.63. The fourth-order valence-corrected chi connectivity index (χ4v) is 4.98. The first kappa shape index (κ1) is 13.3. The van der Waals surface area contributed by atoms with Crippen LogP contribution >= 0.6 is 22.7 Å². The predicted octanol–water partition coefficient (Wildman–Crippen LogP) is 4.58. The van der Waals surface area contributed by atoms with Gasteiger partial charge in [-0.1, -0.05) is 6.07 Å². The molecule has 0 aromatic carbocycles. The first-order chi connectivity index (χ1) is 9.36. The fraction of sp³-hybridized carbons (Fsp3) is 0.500. The number of thiophene rings is 2. The summed E-state index contributed by atoms with van der Waals surface area (Å²) in [5, 5.41) is 5.68. The van der Waals surface area contributed by atoms with Crippen molar-refractivity contribution in [1.29, 1.82) is 0 Å². The van der Waals surface area contributed by atoms with Gasteiger partial charge in [0.25, 0.3) is 0 Å². The largest absolute Gasteiger partial charge is 0.312 e. The molecule has 1 N–H and O–H groups in total. The quantitative estimate of drug-likeness (QED) is 0.850. The van der Waals surface area contributed by atoms with E-state index in [2.05, 4.69) is 35.9 Å².